The Morgan fingerprint density at radius 1 is 0.944 bits per heavy atom. The normalized spacial score (nSPS) is 19.2. The molecule has 0 amide bonds. The fraction of sp³-hybridized carbons (Fsp3) is 1.00. The molecule has 1 N–H and O–H groups in total. The molecule has 0 aromatic heterocycles. The highest BCUT2D eigenvalue weighted by atomic mass is 16.3. The lowest BCUT2D eigenvalue weighted by Gasteiger charge is -2.49. The van der Waals surface area contributed by atoms with Crippen molar-refractivity contribution in [2.45, 2.75) is 77.7 Å². The van der Waals surface area contributed by atoms with Crippen LogP contribution in [0.1, 0.15) is 72.1 Å². The summed E-state index contributed by atoms with van der Waals surface area (Å²) in [5, 5.41) is 10.1. The largest absolute Gasteiger partial charge is 0.387 e. The number of β-amino-alcohol motifs (C(OH)–C–C–N with tert-alkyl or cyclic N) is 1. The van der Waals surface area contributed by atoms with Gasteiger partial charge in [-0.2, -0.15) is 0 Å². The predicted octanol–water partition coefficient (Wildman–Crippen LogP) is 3.83. The highest BCUT2D eigenvalue weighted by molar-refractivity contribution is 4.97. The van der Waals surface area contributed by atoms with E-state index in [1.807, 2.05) is 0 Å². The standard InChI is InChI=1S/C16H33NO/c1-4-5-6-7-8-9-10-11-12-17-13-16(18,14-17)15(2)3/h15,18H,4-14H2,1-3H3. The highest BCUT2D eigenvalue weighted by Gasteiger charge is 2.42. The zero-order chi connectivity index (χ0) is 13.4. The molecule has 1 rings (SSSR count). The van der Waals surface area contributed by atoms with Crippen molar-refractivity contribution in [1.29, 1.82) is 0 Å². The van der Waals surface area contributed by atoms with Gasteiger partial charge in [0, 0.05) is 13.1 Å². The van der Waals surface area contributed by atoms with Crippen LogP contribution in [0, 0.1) is 5.92 Å². The van der Waals surface area contributed by atoms with Crippen LogP contribution in [-0.2, 0) is 0 Å². The van der Waals surface area contributed by atoms with E-state index in [0.717, 1.165) is 13.1 Å². The Kier molecular flexibility index (Phi) is 7.25. The molecule has 108 valence electrons. The van der Waals surface area contributed by atoms with Crippen molar-refractivity contribution in [3.63, 3.8) is 0 Å². The zero-order valence-electron chi connectivity index (χ0n) is 12.7. The Bertz CT molecular complexity index is 209. The van der Waals surface area contributed by atoms with Gasteiger partial charge in [0.15, 0.2) is 0 Å². The summed E-state index contributed by atoms with van der Waals surface area (Å²) in [5.41, 5.74) is -0.389. The van der Waals surface area contributed by atoms with Crippen molar-refractivity contribution in [1.82, 2.24) is 4.90 Å². The van der Waals surface area contributed by atoms with E-state index in [9.17, 15) is 5.11 Å². The smallest absolute Gasteiger partial charge is 0.0922 e. The fourth-order valence-corrected chi connectivity index (χ4v) is 2.72. The minimum atomic E-state index is -0.389. The van der Waals surface area contributed by atoms with Crippen molar-refractivity contribution >= 4 is 0 Å². The molecule has 0 unspecified atom stereocenters. The average molecular weight is 255 g/mol. The summed E-state index contributed by atoms with van der Waals surface area (Å²) in [7, 11) is 0. The van der Waals surface area contributed by atoms with Gasteiger partial charge < -0.3 is 5.11 Å². The molecular weight excluding hydrogens is 222 g/mol. The lowest BCUT2D eigenvalue weighted by molar-refractivity contribution is -0.127. The monoisotopic (exact) mass is 255 g/mol. The topological polar surface area (TPSA) is 23.5 Å². The third-order valence-electron chi connectivity index (χ3n) is 4.40. The number of unbranched alkanes of at least 4 members (excludes halogenated alkanes) is 7. The maximum atomic E-state index is 10.1. The second-order valence-corrected chi connectivity index (χ2v) is 6.44. The first-order valence-electron chi connectivity index (χ1n) is 8.03. The van der Waals surface area contributed by atoms with Crippen LogP contribution in [0.4, 0.5) is 0 Å². The molecule has 0 saturated carbocycles. The molecule has 0 aromatic rings. The van der Waals surface area contributed by atoms with Gasteiger partial charge in [-0.15, -0.1) is 0 Å². The van der Waals surface area contributed by atoms with Gasteiger partial charge in [0.05, 0.1) is 5.60 Å². The second-order valence-electron chi connectivity index (χ2n) is 6.44. The molecule has 0 radical (unpaired) electrons. The average Bonchev–Trinajstić information content (AvgIpc) is 2.29. The Hall–Kier alpha value is -0.0800. The minimum Gasteiger partial charge on any atom is -0.387 e. The SMILES string of the molecule is CCCCCCCCCCN1CC(O)(C(C)C)C1. The molecule has 0 atom stereocenters. The van der Waals surface area contributed by atoms with Crippen LogP contribution in [-0.4, -0.2) is 35.2 Å². The van der Waals surface area contributed by atoms with Gasteiger partial charge in [-0.05, 0) is 18.9 Å². The predicted molar refractivity (Wildman–Crippen MR) is 78.8 cm³/mol. The second kappa shape index (κ2) is 8.16. The number of aliphatic hydroxyl groups is 1. The van der Waals surface area contributed by atoms with Crippen molar-refractivity contribution < 1.29 is 5.11 Å². The number of likely N-dealkylation sites (tertiary alicyclic amines) is 1. The maximum Gasteiger partial charge on any atom is 0.0922 e. The molecule has 1 saturated heterocycles. The van der Waals surface area contributed by atoms with Crippen LogP contribution in [0.25, 0.3) is 0 Å². The molecule has 0 aliphatic carbocycles. The van der Waals surface area contributed by atoms with E-state index in [1.54, 1.807) is 0 Å². The van der Waals surface area contributed by atoms with Crippen LogP contribution in [0.2, 0.25) is 0 Å². The van der Waals surface area contributed by atoms with Crippen molar-refractivity contribution in [2.75, 3.05) is 19.6 Å². The van der Waals surface area contributed by atoms with Crippen LogP contribution in [0.3, 0.4) is 0 Å². The summed E-state index contributed by atoms with van der Waals surface area (Å²) in [5.74, 6) is 0.396. The molecule has 2 nitrogen and oxygen atoms in total. The number of hydrogen-bond donors (Lipinski definition) is 1. The fourth-order valence-electron chi connectivity index (χ4n) is 2.72. The van der Waals surface area contributed by atoms with Gasteiger partial charge in [0.1, 0.15) is 0 Å². The molecule has 1 aliphatic rings. The lowest BCUT2D eigenvalue weighted by atomic mass is 9.83. The van der Waals surface area contributed by atoms with Gasteiger partial charge in [0.25, 0.3) is 0 Å². The summed E-state index contributed by atoms with van der Waals surface area (Å²) >= 11 is 0. The molecule has 1 heterocycles. The first kappa shape index (κ1) is 16.0. The van der Waals surface area contributed by atoms with E-state index in [4.69, 9.17) is 0 Å². The first-order valence-corrected chi connectivity index (χ1v) is 8.03. The summed E-state index contributed by atoms with van der Waals surface area (Å²) < 4.78 is 0. The van der Waals surface area contributed by atoms with E-state index >= 15 is 0 Å². The highest BCUT2D eigenvalue weighted by Crippen LogP contribution is 2.28. The van der Waals surface area contributed by atoms with Gasteiger partial charge in [-0.1, -0.05) is 65.7 Å². The van der Waals surface area contributed by atoms with Gasteiger partial charge in [-0.25, -0.2) is 0 Å². The molecule has 1 fully saturated rings. The van der Waals surface area contributed by atoms with Crippen LogP contribution >= 0.6 is 0 Å². The molecule has 0 spiro atoms. The van der Waals surface area contributed by atoms with E-state index in [-0.39, 0.29) is 5.60 Å². The molecule has 1 aliphatic heterocycles. The quantitative estimate of drug-likeness (QED) is 0.600. The molecule has 0 aromatic carbocycles. The maximum absolute atomic E-state index is 10.1. The Morgan fingerprint density at radius 3 is 1.94 bits per heavy atom. The van der Waals surface area contributed by atoms with E-state index in [1.165, 1.54) is 57.9 Å². The summed E-state index contributed by atoms with van der Waals surface area (Å²) in [6.07, 6.45) is 11.1. The Balaban J connectivity index is 1.86. The third-order valence-corrected chi connectivity index (χ3v) is 4.40. The molecule has 18 heavy (non-hydrogen) atoms. The van der Waals surface area contributed by atoms with Crippen LogP contribution in [0.15, 0.2) is 0 Å². The summed E-state index contributed by atoms with van der Waals surface area (Å²) in [4.78, 5) is 2.40. The van der Waals surface area contributed by atoms with Crippen molar-refractivity contribution in [3.05, 3.63) is 0 Å². The number of nitrogens with zero attached hydrogens (tertiary/aromatic N) is 1. The van der Waals surface area contributed by atoms with E-state index in [2.05, 4.69) is 25.7 Å². The van der Waals surface area contributed by atoms with Gasteiger partial charge in [0.2, 0.25) is 0 Å². The Labute approximate surface area is 114 Å². The van der Waals surface area contributed by atoms with Crippen molar-refractivity contribution in [3.8, 4) is 0 Å². The number of hydrogen-bond acceptors (Lipinski definition) is 2. The zero-order valence-corrected chi connectivity index (χ0v) is 12.7. The summed E-state index contributed by atoms with van der Waals surface area (Å²) in [6, 6.07) is 0. The molecular formula is C16H33NO. The third kappa shape index (κ3) is 5.27. The Morgan fingerprint density at radius 2 is 1.44 bits per heavy atom. The molecule has 0 bridgehead atoms. The summed E-state index contributed by atoms with van der Waals surface area (Å²) in [6.45, 7) is 9.47. The van der Waals surface area contributed by atoms with Gasteiger partial charge >= 0.3 is 0 Å². The van der Waals surface area contributed by atoms with E-state index < -0.39 is 0 Å². The first-order chi connectivity index (χ1) is 8.58. The lowest BCUT2D eigenvalue weighted by Crippen LogP contribution is -2.64. The minimum absolute atomic E-state index is 0.389. The van der Waals surface area contributed by atoms with Crippen LogP contribution in [0.5, 0.6) is 0 Å². The van der Waals surface area contributed by atoms with Crippen molar-refractivity contribution in [2.24, 2.45) is 5.92 Å². The van der Waals surface area contributed by atoms with Gasteiger partial charge in [-0.3, -0.25) is 4.90 Å². The van der Waals surface area contributed by atoms with Crippen LogP contribution < -0.4 is 0 Å². The van der Waals surface area contributed by atoms with E-state index in [0.29, 0.717) is 5.92 Å². The number of rotatable bonds is 10. The molecule has 2 heteroatoms.